The lowest BCUT2D eigenvalue weighted by molar-refractivity contribution is -0.386. The molecule has 0 aliphatic rings. The molecule has 24 heavy (non-hydrogen) atoms. The van der Waals surface area contributed by atoms with Gasteiger partial charge in [0, 0.05) is 6.20 Å². The molecule has 0 bridgehead atoms. The van der Waals surface area contributed by atoms with Crippen molar-refractivity contribution in [2.24, 2.45) is 0 Å². The summed E-state index contributed by atoms with van der Waals surface area (Å²) in [4.78, 5) is 27.2. The molecule has 1 aromatic carbocycles. The highest BCUT2D eigenvalue weighted by Gasteiger charge is 2.25. The molecular formula is C16H19N3O4Si. The fourth-order valence-electron chi connectivity index (χ4n) is 2.15. The van der Waals surface area contributed by atoms with Crippen LogP contribution in [0.4, 0.5) is 11.5 Å². The SMILES string of the molecule is COc1cccc(C(=O)Nc2ccc([Si](C)(C)C)cn2)c1[N+](=O)[O-]. The van der Waals surface area contributed by atoms with Crippen molar-refractivity contribution in [2.75, 3.05) is 12.4 Å². The zero-order chi connectivity index (χ0) is 17.9. The lowest BCUT2D eigenvalue weighted by Gasteiger charge is -2.16. The minimum atomic E-state index is -1.48. The van der Waals surface area contributed by atoms with E-state index >= 15 is 0 Å². The zero-order valence-corrected chi connectivity index (χ0v) is 15.0. The molecule has 8 heteroatoms. The van der Waals surface area contributed by atoms with E-state index in [4.69, 9.17) is 4.74 Å². The number of anilines is 1. The Morgan fingerprint density at radius 2 is 1.96 bits per heavy atom. The Morgan fingerprint density at radius 1 is 1.25 bits per heavy atom. The maximum Gasteiger partial charge on any atom is 0.323 e. The average Bonchev–Trinajstić information content (AvgIpc) is 2.53. The molecule has 0 aliphatic carbocycles. The molecule has 1 amide bonds. The van der Waals surface area contributed by atoms with Crippen molar-refractivity contribution in [3.05, 3.63) is 52.2 Å². The molecule has 0 atom stereocenters. The number of aromatic nitrogens is 1. The molecular weight excluding hydrogens is 326 g/mol. The molecule has 1 aromatic heterocycles. The van der Waals surface area contributed by atoms with Crippen LogP contribution in [0.5, 0.6) is 5.75 Å². The van der Waals surface area contributed by atoms with E-state index in [0.29, 0.717) is 5.82 Å². The molecule has 0 spiro atoms. The summed E-state index contributed by atoms with van der Waals surface area (Å²) < 4.78 is 4.97. The lowest BCUT2D eigenvalue weighted by Crippen LogP contribution is -2.37. The molecule has 2 aromatic rings. The van der Waals surface area contributed by atoms with Crippen molar-refractivity contribution < 1.29 is 14.5 Å². The second kappa shape index (κ2) is 6.79. The van der Waals surface area contributed by atoms with Gasteiger partial charge in [-0.3, -0.25) is 14.9 Å². The minimum absolute atomic E-state index is 0.0367. The second-order valence-electron chi connectivity index (χ2n) is 6.25. The number of nitrogens with zero attached hydrogens (tertiary/aromatic N) is 2. The molecule has 0 radical (unpaired) electrons. The smallest absolute Gasteiger partial charge is 0.323 e. The predicted molar refractivity (Wildman–Crippen MR) is 94.8 cm³/mol. The lowest BCUT2D eigenvalue weighted by atomic mass is 10.1. The van der Waals surface area contributed by atoms with Gasteiger partial charge in [-0.2, -0.15) is 0 Å². The van der Waals surface area contributed by atoms with E-state index in [0.717, 1.165) is 5.19 Å². The highest BCUT2D eigenvalue weighted by Crippen LogP contribution is 2.30. The standard InChI is InChI=1S/C16H19N3O4Si/c1-23-13-7-5-6-12(15(13)19(21)22)16(20)18-14-9-8-11(10-17-14)24(2,3)4/h5-10H,1-4H3,(H,17,18,20). The molecule has 126 valence electrons. The van der Waals surface area contributed by atoms with Crippen molar-refractivity contribution in [3.63, 3.8) is 0 Å². The van der Waals surface area contributed by atoms with E-state index in [1.54, 1.807) is 12.3 Å². The normalized spacial score (nSPS) is 11.0. The number of ether oxygens (including phenoxy) is 1. The summed E-state index contributed by atoms with van der Waals surface area (Å²) in [5.74, 6) is -0.220. The van der Waals surface area contributed by atoms with Gasteiger partial charge < -0.3 is 10.1 Å². The second-order valence-corrected chi connectivity index (χ2v) is 11.3. The van der Waals surface area contributed by atoms with E-state index in [9.17, 15) is 14.9 Å². The number of carbonyl (C=O) groups is 1. The Labute approximate surface area is 140 Å². The number of hydrogen-bond donors (Lipinski definition) is 1. The van der Waals surface area contributed by atoms with E-state index in [2.05, 4.69) is 29.9 Å². The van der Waals surface area contributed by atoms with Crippen LogP contribution in [0.25, 0.3) is 0 Å². The number of methoxy groups -OCH3 is 1. The first-order chi connectivity index (χ1) is 11.2. The molecule has 1 heterocycles. The largest absolute Gasteiger partial charge is 0.490 e. The summed E-state index contributed by atoms with van der Waals surface area (Å²) in [6.07, 6.45) is 1.74. The number of hydrogen-bond acceptors (Lipinski definition) is 5. The van der Waals surface area contributed by atoms with Gasteiger partial charge in [-0.25, -0.2) is 4.98 Å². The molecule has 0 aliphatic heterocycles. The zero-order valence-electron chi connectivity index (χ0n) is 14.0. The molecule has 7 nitrogen and oxygen atoms in total. The first kappa shape index (κ1) is 17.6. The monoisotopic (exact) mass is 345 g/mol. The number of nitro groups is 1. The van der Waals surface area contributed by atoms with Crippen molar-refractivity contribution >= 4 is 30.7 Å². The van der Waals surface area contributed by atoms with E-state index < -0.39 is 18.9 Å². The van der Waals surface area contributed by atoms with Crippen molar-refractivity contribution in [3.8, 4) is 5.75 Å². The predicted octanol–water partition coefficient (Wildman–Crippen LogP) is 2.80. The van der Waals surface area contributed by atoms with Crippen LogP contribution in [0.1, 0.15) is 10.4 Å². The van der Waals surface area contributed by atoms with Crippen LogP contribution in [0.2, 0.25) is 19.6 Å². The highest BCUT2D eigenvalue weighted by molar-refractivity contribution is 6.88. The van der Waals surface area contributed by atoms with Crippen LogP contribution >= 0.6 is 0 Å². The van der Waals surface area contributed by atoms with Gasteiger partial charge in [0.1, 0.15) is 11.4 Å². The average molecular weight is 345 g/mol. The van der Waals surface area contributed by atoms with E-state index in [1.165, 1.54) is 25.3 Å². The number of benzene rings is 1. The van der Waals surface area contributed by atoms with Gasteiger partial charge in [0.05, 0.1) is 20.1 Å². The van der Waals surface area contributed by atoms with Crippen LogP contribution in [0.15, 0.2) is 36.5 Å². The summed E-state index contributed by atoms with van der Waals surface area (Å²) in [5, 5.41) is 15.0. The van der Waals surface area contributed by atoms with Crippen LogP contribution in [0, 0.1) is 10.1 Å². The molecule has 2 rings (SSSR count). The van der Waals surface area contributed by atoms with Crippen LogP contribution < -0.4 is 15.2 Å². The summed E-state index contributed by atoms with van der Waals surface area (Å²) in [6, 6.07) is 7.98. The summed E-state index contributed by atoms with van der Waals surface area (Å²) in [6.45, 7) is 6.59. The molecule has 0 saturated carbocycles. The Morgan fingerprint density at radius 3 is 2.46 bits per heavy atom. The number of pyridine rings is 1. The third-order valence-electron chi connectivity index (χ3n) is 3.52. The fraction of sp³-hybridized carbons (Fsp3) is 0.250. The number of carbonyl (C=O) groups excluding carboxylic acids is 1. The topological polar surface area (TPSA) is 94.4 Å². The van der Waals surface area contributed by atoms with Crippen LogP contribution in [0.3, 0.4) is 0 Å². The van der Waals surface area contributed by atoms with E-state index in [1.807, 2.05) is 6.07 Å². The quantitative estimate of drug-likeness (QED) is 0.511. The first-order valence-corrected chi connectivity index (χ1v) is 10.8. The van der Waals surface area contributed by atoms with Crippen LogP contribution in [-0.2, 0) is 0 Å². The van der Waals surface area contributed by atoms with Gasteiger partial charge in [0.2, 0.25) is 0 Å². The number of nitro benzene ring substituents is 1. The summed E-state index contributed by atoms with van der Waals surface area (Å²) >= 11 is 0. The number of rotatable bonds is 5. The van der Waals surface area contributed by atoms with Gasteiger partial charge >= 0.3 is 5.69 Å². The first-order valence-electron chi connectivity index (χ1n) is 7.33. The van der Waals surface area contributed by atoms with Gasteiger partial charge in [0.15, 0.2) is 5.75 Å². The molecule has 0 fully saturated rings. The fourth-order valence-corrected chi connectivity index (χ4v) is 3.19. The number of para-hydroxylation sites is 1. The number of nitrogens with one attached hydrogen (secondary N) is 1. The van der Waals surface area contributed by atoms with Crippen LogP contribution in [-0.4, -0.2) is 31.0 Å². The van der Waals surface area contributed by atoms with Crippen molar-refractivity contribution in [2.45, 2.75) is 19.6 Å². The van der Waals surface area contributed by atoms with Gasteiger partial charge in [-0.1, -0.05) is 31.8 Å². The Bertz CT molecular complexity index is 770. The Kier molecular flexibility index (Phi) is 4.98. The van der Waals surface area contributed by atoms with Crippen molar-refractivity contribution in [1.82, 2.24) is 4.98 Å². The number of amides is 1. The van der Waals surface area contributed by atoms with Gasteiger partial charge in [-0.05, 0) is 23.4 Å². The maximum absolute atomic E-state index is 12.4. The Hall–Kier alpha value is -2.74. The Balaban J connectivity index is 2.29. The summed E-state index contributed by atoms with van der Waals surface area (Å²) in [5.41, 5.74) is -0.438. The van der Waals surface area contributed by atoms with Gasteiger partial charge in [0.25, 0.3) is 5.91 Å². The molecule has 1 N–H and O–H groups in total. The maximum atomic E-state index is 12.4. The third kappa shape index (κ3) is 3.77. The summed E-state index contributed by atoms with van der Waals surface area (Å²) in [7, 11) is -0.157. The third-order valence-corrected chi connectivity index (χ3v) is 5.55. The van der Waals surface area contributed by atoms with Crippen molar-refractivity contribution in [1.29, 1.82) is 0 Å². The minimum Gasteiger partial charge on any atom is -0.490 e. The molecule has 0 unspecified atom stereocenters. The molecule has 0 saturated heterocycles. The van der Waals surface area contributed by atoms with Gasteiger partial charge in [-0.15, -0.1) is 0 Å². The van der Waals surface area contributed by atoms with E-state index in [-0.39, 0.29) is 17.0 Å². The highest BCUT2D eigenvalue weighted by atomic mass is 28.3.